The van der Waals surface area contributed by atoms with E-state index in [2.05, 4.69) is 29.8 Å². The Morgan fingerprint density at radius 1 is 0.900 bits per heavy atom. The Hall–Kier alpha value is -0.120. The van der Waals surface area contributed by atoms with Gasteiger partial charge < -0.3 is 16.0 Å². The summed E-state index contributed by atoms with van der Waals surface area (Å²) >= 11 is 0. The predicted molar refractivity (Wildman–Crippen MR) is 47.2 cm³/mol. The van der Waals surface area contributed by atoms with E-state index in [1.54, 1.807) is 0 Å². The molecule has 0 amide bonds. The van der Waals surface area contributed by atoms with Gasteiger partial charge in [0.1, 0.15) is 0 Å². The van der Waals surface area contributed by atoms with E-state index in [0.29, 0.717) is 0 Å². The molecule has 0 fully saturated rings. The van der Waals surface area contributed by atoms with Crippen molar-refractivity contribution in [2.24, 2.45) is 0 Å². The average Bonchev–Trinajstić information content (AvgIpc) is 2.01. The molecule has 0 aliphatic rings. The van der Waals surface area contributed by atoms with Crippen LogP contribution < -0.4 is 16.0 Å². The standard InChI is InChI=1S/C4H12N2.C3H9N/c1-3-6-4-5-2;1-3-4-2/h5-6H,3-4H2,1-2H3;4H,3H2,1-2H3. The molecule has 0 aromatic rings. The molecule has 0 bridgehead atoms. The van der Waals surface area contributed by atoms with E-state index in [4.69, 9.17) is 0 Å². The Bertz CT molecular complexity index is 33.8. The minimum atomic E-state index is 0.913. The Labute approximate surface area is 64.6 Å². The number of hydrogen-bond acceptors (Lipinski definition) is 3. The van der Waals surface area contributed by atoms with Crippen molar-refractivity contribution in [3.05, 3.63) is 0 Å². The predicted octanol–water partition coefficient (Wildman–Crippen LogP) is -0.00150. The monoisotopic (exact) mass is 147 g/mol. The molecule has 3 heteroatoms. The van der Waals surface area contributed by atoms with Gasteiger partial charge in [0.05, 0.1) is 0 Å². The summed E-state index contributed by atoms with van der Waals surface area (Å²) in [6.07, 6.45) is 0. The van der Waals surface area contributed by atoms with Gasteiger partial charge in [-0.2, -0.15) is 0 Å². The van der Waals surface area contributed by atoms with Gasteiger partial charge in [0.25, 0.3) is 0 Å². The summed E-state index contributed by atoms with van der Waals surface area (Å²) in [5.74, 6) is 0. The van der Waals surface area contributed by atoms with Gasteiger partial charge in [-0.25, -0.2) is 0 Å². The van der Waals surface area contributed by atoms with E-state index in [-0.39, 0.29) is 0 Å². The van der Waals surface area contributed by atoms with Gasteiger partial charge in [-0.3, -0.25) is 0 Å². The maximum Gasteiger partial charge on any atom is 0.0451 e. The summed E-state index contributed by atoms with van der Waals surface area (Å²) in [5, 5.41) is 8.97. The van der Waals surface area contributed by atoms with Crippen molar-refractivity contribution in [3.8, 4) is 0 Å². The largest absolute Gasteiger partial charge is 0.320 e. The summed E-state index contributed by atoms with van der Waals surface area (Å²) in [6.45, 7) is 7.18. The second-order valence-corrected chi connectivity index (χ2v) is 1.84. The molecule has 0 saturated heterocycles. The second-order valence-electron chi connectivity index (χ2n) is 1.84. The molecule has 3 nitrogen and oxygen atoms in total. The van der Waals surface area contributed by atoms with Crippen molar-refractivity contribution in [1.82, 2.24) is 16.0 Å². The van der Waals surface area contributed by atoms with E-state index >= 15 is 0 Å². The highest BCUT2D eigenvalue weighted by Crippen LogP contribution is 1.44. The Morgan fingerprint density at radius 3 is 1.50 bits per heavy atom. The van der Waals surface area contributed by atoms with E-state index in [1.807, 2.05) is 14.1 Å². The third-order valence-corrected chi connectivity index (χ3v) is 0.905. The molecule has 0 atom stereocenters. The van der Waals surface area contributed by atoms with Crippen molar-refractivity contribution in [1.29, 1.82) is 0 Å². The molecule has 0 aromatic heterocycles. The fraction of sp³-hybridized carbons (Fsp3) is 1.00. The fourth-order valence-corrected chi connectivity index (χ4v) is 0.250. The zero-order valence-corrected chi connectivity index (χ0v) is 7.62. The first kappa shape index (κ1) is 12.5. The molecule has 64 valence electrons. The summed E-state index contributed by atoms with van der Waals surface area (Å²) in [5.41, 5.74) is 0. The molecule has 0 radical (unpaired) electrons. The van der Waals surface area contributed by atoms with Crippen LogP contribution in [0.5, 0.6) is 0 Å². The quantitative estimate of drug-likeness (QED) is 0.387. The molecule has 10 heavy (non-hydrogen) atoms. The lowest BCUT2D eigenvalue weighted by Crippen LogP contribution is -2.24. The summed E-state index contributed by atoms with van der Waals surface area (Å²) in [4.78, 5) is 0. The van der Waals surface area contributed by atoms with Gasteiger partial charge in [0.15, 0.2) is 0 Å². The SMILES string of the molecule is CCNC.CCNCNC. The van der Waals surface area contributed by atoms with Gasteiger partial charge in [0.2, 0.25) is 0 Å². The van der Waals surface area contributed by atoms with E-state index in [1.165, 1.54) is 0 Å². The third kappa shape index (κ3) is 24.8. The summed E-state index contributed by atoms with van der Waals surface area (Å²) in [7, 11) is 3.85. The number of rotatable bonds is 4. The average molecular weight is 147 g/mol. The highest BCUT2D eigenvalue weighted by atomic mass is 15.0. The lowest BCUT2D eigenvalue weighted by Gasteiger charge is -1.94. The van der Waals surface area contributed by atoms with Crippen molar-refractivity contribution in [2.75, 3.05) is 33.9 Å². The van der Waals surface area contributed by atoms with Crippen LogP contribution in [0.3, 0.4) is 0 Å². The molecule has 0 spiro atoms. The molecule has 0 rings (SSSR count). The van der Waals surface area contributed by atoms with Crippen LogP contribution in [-0.4, -0.2) is 33.9 Å². The number of hydrogen-bond donors (Lipinski definition) is 3. The molecule has 0 heterocycles. The molecule has 3 N–H and O–H groups in total. The van der Waals surface area contributed by atoms with E-state index < -0.39 is 0 Å². The van der Waals surface area contributed by atoms with Gasteiger partial charge in [0, 0.05) is 6.67 Å². The highest BCUT2D eigenvalue weighted by Gasteiger charge is 1.68. The molecule has 0 aromatic carbocycles. The Kier molecular flexibility index (Phi) is 20.0. The van der Waals surface area contributed by atoms with Crippen molar-refractivity contribution in [3.63, 3.8) is 0 Å². The smallest absolute Gasteiger partial charge is 0.0451 e. The molecular formula is C7H21N3. The van der Waals surface area contributed by atoms with E-state index in [9.17, 15) is 0 Å². The maximum absolute atomic E-state index is 3.09. The van der Waals surface area contributed by atoms with Crippen LogP contribution in [0.25, 0.3) is 0 Å². The number of nitrogens with one attached hydrogen (secondary N) is 3. The zero-order chi connectivity index (χ0) is 8.24. The zero-order valence-electron chi connectivity index (χ0n) is 7.62. The van der Waals surface area contributed by atoms with Crippen LogP contribution in [0.4, 0.5) is 0 Å². The lowest BCUT2D eigenvalue weighted by atomic mass is 10.7. The minimum absolute atomic E-state index is 0.913. The fourth-order valence-electron chi connectivity index (χ4n) is 0.250. The van der Waals surface area contributed by atoms with Crippen LogP contribution in [-0.2, 0) is 0 Å². The van der Waals surface area contributed by atoms with Gasteiger partial charge in [-0.15, -0.1) is 0 Å². The van der Waals surface area contributed by atoms with Crippen molar-refractivity contribution < 1.29 is 0 Å². The molecule has 0 aliphatic carbocycles. The maximum atomic E-state index is 3.09. The third-order valence-electron chi connectivity index (χ3n) is 0.905. The first-order chi connectivity index (χ1) is 4.83. The highest BCUT2D eigenvalue weighted by molar-refractivity contribution is 4.31. The minimum Gasteiger partial charge on any atom is -0.320 e. The summed E-state index contributed by atoms with van der Waals surface area (Å²) < 4.78 is 0. The summed E-state index contributed by atoms with van der Waals surface area (Å²) in [6, 6.07) is 0. The van der Waals surface area contributed by atoms with Crippen LogP contribution in [0.15, 0.2) is 0 Å². The normalized spacial score (nSPS) is 8.40. The van der Waals surface area contributed by atoms with Crippen molar-refractivity contribution in [2.45, 2.75) is 13.8 Å². The topological polar surface area (TPSA) is 36.1 Å². The van der Waals surface area contributed by atoms with Gasteiger partial charge in [-0.05, 0) is 27.2 Å². The lowest BCUT2D eigenvalue weighted by molar-refractivity contribution is 0.655. The van der Waals surface area contributed by atoms with Crippen molar-refractivity contribution >= 4 is 0 Å². The van der Waals surface area contributed by atoms with Crippen LogP contribution >= 0.6 is 0 Å². The molecular weight excluding hydrogens is 126 g/mol. The van der Waals surface area contributed by atoms with E-state index in [0.717, 1.165) is 19.8 Å². The molecule has 0 saturated carbocycles. The van der Waals surface area contributed by atoms with Crippen LogP contribution in [0.1, 0.15) is 13.8 Å². The first-order valence-electron chi connectivity index (χ1n) is 3.83. The first-order valence-corrected chi connectivity index (χ1v) is 3.83. The van der Waals surface area contributed by atoms with Gasteiger partial charge in [-0.1, -0.05) is 13.8 Å². The molecule has 0 aliphatic heterocycles. The van der Waals surface area contributed by atoms with Crippen LogP contribution in [0, 0.1) is 0 Å². The molecule has 0 unspecified atom stereocenters. The van der Waals surface area contributed by atoms with Crippen LogP contribution in [0.2, 0.25) is 0 Å². The Morgan fingerprint density at radius 2 is 1.40 bits per heavy atom. The Balaban J connectivity index is 0. The van der Waals surface area contributed by atoms with Gasteiger partial charge >= 0.3 is 0 Å². The second kappa shape index (κ2) is 15.9.